The number of ether oxygens (including phenoxy) is 1. The molecule has 0 bridgehead atoms. The molecule has 0 aliphatic carbocycles. The van der Waals surface area contributed by atoms with Crippen LogP contribution in [0.3, 0.4) is 0 Å². The predicted octanol–water partition coefficient (Wildman–Crippen LogP) is 1.27. The fourth-order valence-electron chi connectivity index (χ4n) is 1.51. The molecule has 0 spiro atoms. The number of alkyl halides is 1. The highest BCUT2D eigenvalue weighted by Gasteiger charge is 2.26. The summed E-state index contributed by atoms with van der Waals surface area (Å²) in [6, 6.07) is 0. The normalized spacial score (nSPS) is 21.8. The summed E-state index contributed by atoms with van der Waals surface area (Å²) in [4.78, 5) is 13.7. The van der Waals surface area contributed by atoms with Crippen molar-refractivity contribution in [2.75, 3.05) is 31.6 Å². The number of nitrogens with zero attached hydrogens (tertiary/aromatic N) is 1. The Bertz CT molecular complexity index is 169. The Morgan fingerprint density at radius 1 is 1.69 bits per heavy atom. The fraction of sp³-hybridized carbons (Fsp3) is 0.889. The van der Waals surface area contributed by atoms with Gasteiger partial charge in [0.05, 0.1) is 12.5 Å². The third-order valence-corrected chi connectivity index (χ3v) is 2.68. The zero-order valence-corrected chi connectivity index (χ0v) is 9.55. The summed E-state index contributed by atoms with van der Waals surface area (Å²) in [7, 11) is 0. The van der Waals surface area contributed by atoms with Crippen LogP contribution in [0.4, 0.5) is 0 Å². The maximum atomic E-state index is 11.8. The summed E-state index contributed by atoms with van der Waals surface area (Å²) < 4.78 is 5.19. The summed E-state index contributed by atoms with van der Waals surface area (Å²) in [6.45, 7) is 4.95. The molecule has 76 valence electrons. The maximum Gasteiger partial charge on any atom is 0.228 e. The third-order valence-electron chi connectivity index (χ3n) is 2.33. The van der Waals surface area contributed by atoms with Crippen LogP contribution in [-0.2, 0) is 9.53 Å². The van der Waals surface area contributed by atoms with Gasteiger partial charge in [-0.05, 0) is 13.3 Å². The second kappa shape index (κ2) is 5.60. The molecular formula is C9H16BrNO2. The molecule has 13 heavy (non-hydrogen) atoms. The van der Waals surface area contributed by atoms with Crippen LogP contribution in [-0.4, -0.2) is 42.4 Å². The lowest BCUT2D eigenvalue weighted by molar-refractivity contribution is -0.135. The van der Waals surface area contributed by atoms with Gasteiger partial charge in [0, 0.05) is 25.0 Å². The van der Waals surface area contributed by atoms with Gasteiger partial charge in [-0.2, -0.15) is 0 Å². The van der Waals surface area contributed by atoms with Gasteiger partial charge >= 0.3 is 0 Å². The minimum Gasteiger partial charge on any atom is -0.381 e. The van der Waals surface area contributed by atoms with Gasteiger partial charge < -0.3 is 9.64 Å². The van der Waals surface area contributed by atoms with Gasteiger partial charge in [-0.25, -0.2) is 0 Å². The van der Waals surface area contributed by atoms with Gasteiger partial charge in [-0.3, -0.25) is 4.79 Å². The third kappa shape index (κ3) is 2.95. The molecule has 1 amide bonds. The van der Waals surface area contributed by atoms with E-state index in [-0.39, 0.29) is 11.8 Å². The van der Waals surface area contributed by atoms with Crippen LogP contribution in [0.15, 0.2) is 0 Å². The van der Waals surface area contributed by atoms with E-state index in [0.717, 1.165) is 31.4 Å². The summed E-state index contributed by atoms with van der Waals surface area (Å²) in [5.74, 6) is 0.360. The van der Waals surface area contributed by atoms with Crippen LogP contribution in [0, 0.1) is 5.92 Å². The maximum absolute atomic E-state index is 11.8. The Labute approximate surface area is 87.6 Å². The highest BCUT2D eigenvalue weighted by atomic mass is 79.9. The Kier molecular flexibility index (Phi) is 4.73. The molecular weight excluding hydrogens is 234 g/mol. The molecule has 1 aliphatic rings. The minimum atomic E-state index is 0.110. The largest absolute Gasteiger partial charge is 0.381 e. The molecule has 1 fully saturated rings. The molecule has 0 saturated carbocycles. The van der Waals surface area contributed by atoms with Crippen molar-refractivity contribution in [1.29, 1.82) is 0 Å². The second-order valence-electron chi connectivity index (χ2n) is 3.17. The number of carbonyl (C=O) groups is 1. The first-order chi connectivity index (χ1) is 6.29. The summed E-state index contributed by atoms with van der Waals surface area (Å²) in [5.41, 5.74) is 0. The Morgan fingerprint density at radius 2 is 2.46 bits per heavy atom. The van der Waals surface area contributed by atoms with Crippen LogP contribution >= 0.6 is 15.9 Å². The zero-order chi connectivity index (χ0) is 9.68. The van der Waals surface area contributed by atoms with Crippen molar-refractivity contribution in [3.8, 4) is 0 Å². The van der Waals surface area contributed by atoms with Gasteiger partial charge in [0.15, 0.2) is 0 Å². The van der Waals surface area contributed by atoms with Crippen molar-refractivity contribution in [3.05, 3.63) is 0 Å². The number of halogens is 1. The van der Waals surface area contributed by atoms with Gasteiger partial charge in [0.25, 0.3) is 0 Å². The summed E-state index contributed by atoms with van der Waals surface area (Å²) in [6.07, 6.45) is 0.887. The van der Waals surface area contributed by atoms with Gasteiger partial charge in [-0.15, -0.1) is 0 Å². The van der Waals surface area contributed by atoms with E-state index in [4.69, 9.17) is 4.74 Å². The summed E-state index contributed by atoms with van der Waals surface area (Å²) >= 11 is 3.34. The van der Waals surface area contributed by atoms with Crippen LogP contribution in [0.1, 0.15) is 13.3 Å². The summed E-state index contributed by atoms with van der Waals surface area (Å²) in [5, 5.41) is 0.847. The molecule has 1 unspecified atom stereocenters. The van der Waals surface area contributed by atoms with Crippen molar-refractivity contribution in [1.82, 2.24) is 4.90 Å². The standard InChI is InChI=1S/C9H16BrNO2/c1-2-11(5-4-10)9(12)8-3-6-13-7-8/h8H,2-7H2,1H3. The molecule has 4 heteroatoms. The molecule has 1 aliphatic heterocycles. The van der Waals surface area contributed by atoms with E-state index in [1.165, 1.54) is 0 Å². The highest BCUT2D eigenvalue weighted by molar-refractivity contribution is 9.09. The van der Waals surface area contributed by atoms with E-state index < -0.39 is 0 Å². The van der Waals surface area contributed by atoms with E-state index in [0.29, 0.717) is 6.61 Å². The molecule has 0 N–H and O–H groups in total. The number of amides is 1. The van der Waals surface area contributed by atoms with E-state index in [1.807, 2.05) is 11.8 Å². The number of hydrogen-bond donors (Lipinski definition) is 0. The lowest BCUT2D eigenvalue weighted by atomic mass is 10.1. The molecule has 1 heterocycles. The first-order valence-corrected chi connectivity index (χ1v) is 5.84. The average Bonchev–Trinajstić information content (AvgIpc) is 2.65. The van der Waals surface area contributed by atoms with E-state index in [1.54, 1.807) is 0 Å². The molecule has 0 aromatic carbocycles. The highest BCUT2D eigenvalue weighted by Crippen LogP contribution is 2.15. The first kappa shape index (κ1) is 11.0. The lowest BCUT2D eigenvalue weighted by Crippen LogP contribution is -2.37. The van der Waals surface area contributed by atoms with Crippen molar-refractivity contribution < 1.29 is 9.53 Å². The van der Waals surface area contributed by atoms with Gasteiger partial charge in [0.1, 0.15) is 0 Å². The average molecular weight is 250 g/mol. The molecule has 3 nitrogen and oxygen atoms in total. The number of hydrogen-bond acceptors (Lipinski definition) is 2. The second-order valence-corrected chi connectivity index (χ2v) is 3.96. The molecule has 0 aromatic rings. The monoisotopic (exact) mass is 249 g/mol. The molecule has 1 rings (SSSR count). The number of carbonyl (C=O) groups excluding carboxylic acids is 1. The topological polar surface area (TPSA) is 29.5 Å². The lowest BCUT2D eigenvalue weighted by Gasteiger charge is -2.22. The van der Waals surface area contributed by atoms with Crippen molar-refractivity contribution >= 4 is 21.8 Å². The van der Waals surface area contributed by atoms with Crippen LogP contribution in [0.25, 0.3) is 0 Å². The number of rotatable bonds is 4. The van der Waals surface area contributed by atoms with Gasteiger partial charge in [-0.1, -0.05) is 15.9 Å². The predicted molar refractivity (Wildman–Crippen MR) is 55.0 cm³/mol. The molecule has 1 atom stereocenters. The van der Waals surface area contributed by atoms with E-state index in [2.05, 4.69) is 15.9 Å². The van der Waals surface area contributed by atoms with E-state index >= 15 is 0 Å². The Hall–Kier alpha value is -0.0900. The van der Waals surface area contributed by atoms with Crippen LogP contribution < -0.4 is 0 Å². The van der Waals surface area contributed by atoms with Crippen molar-refractivity contribution in [2.24, 2.45) is 5.92 Å². The van der Waals surface area contributed by atoms with Crippen LogP contribution in [0.5, 0.6) is 0 Å². The Balaban J connectivity index is 2.42. The van der Waals surface area contributed by atoms with Crippen molar-refractivity contribution in [2.45, 2.75) is 13.3 Å². The quantitative estimate of drug-likeness (QED) is 0.703. The minimum absolute atomic E-state index is 0.110. The Morgan fingerprint density at radius 3 is 2.92 bits per heavy atom. The molecule has 1 saturated heterocycles. The zero-order valence-electron chi connectivity index (χ0n) is 7.96. The van der Waals surface area contributed by atoms with Crippen molar-refractivity contribution in [3.63, 3.8) is 0 Å². The fourth-order valence-corrected chi connectivity index (χ4v) is 1.94. The van der Waals surface area contributed by atoms with Crippen LogP contribution in [0.2, 0.25) is 0 Å². The SMILES string of the molecule is CCN(CCBr)C(=O)C1CCOC1. The van der Waals surface area contributed by atoms with E-state index in [9.17, 15) is 4.79 Å². The van der Waals surface area contributed by atoms with Gasteiger partial charge in [0.2, 0.25) is 5.91 Å². The molecule has 0 radical (unpaired) electrons. The first-order valence-electron chi connectivity index (χ1n) is 4.72. The molecule has 0 aromatic heterocycles. The smallest absolute Gasteiger partial charge is 0.228 e.